The summed E-state index contributed by atoms with van der Waals surface area (Å²) in [6.45, 7) is 0. The molecule has 0 saturated heterocycles. The lowest BCUT2D eigenvalue weighted by Gasteiger charge is -2.26. The number of anilines is 3. The van der Waals surface area contributed by atoms with E-state index in [0.29, 0.717) is 0 Å². The highest BCUT2D eigenvalue weighted by Gasteiger charge is 2.17. The fraction of sp³-hybridized carbons (Fsp3) is 0. The summed E-state index contributed by atoms with van der Waals surface area (Å²) in [4.78, 5) is 22.5. The van der Waals surface area contributed by atoms with Crippen molar-refractivity contribution in [1.82, 2.24) is 19.9 Å². The van der Waals surface area contributed by atoms with Crippen LogP contribution in [0.25, 0.3) is 75.9 Å². The molecule has 0 aliphatic rings. The van der Waals surface area contributed by atoms with E-state index in [4.69, 9.17) is 15.0 Å². The molecule has 5 nitrogen and oxygen atoms in total. The van der Waals surface area contributed by atoms with E-state index in [-0.39, 0.29) is 0 Å². The summed E-state index contributed by atoms with van der Waals surface area (Å²) < 4.78 is 1.21. The van der Waals surface area contributed by atoms with Crippen LogP contribution in [0.5, 0.6) is 0 Å². The number of fused-ring (bicyclic) bond motifs is 5. The first-order valence-corrected chi connectivity index (χ1v) is 18.0. The third kappa shape index (κ3) is 5.34. The minimum absolute atomic E-state index is 0.944. The fourth-order valence-corrected chi connectivity index (χ4v) is 8.05. The van der Waals surface area contributed by atoms with Crippen LogP contribution in [0.15, 0.2) is 176 Å². The van der Waals surface area contributed by atoms with Gasteiger partial charge < -0.3 is 4.90 Å². The molecule has 52 heavy (non-hydrogen) atoms. The van der Waals surface area contributed by atoms with Crippen LogP contribution >= 0.6 is 11.3 Å². The molecule has 0 bridgehead atoms. The molecule has 10 aromatic rings. The van der Waals surface area contributed by atoms with Gasteiger partial charge in [-0.2, -0.15) is 0 Å². The van der Waals surface area contributed by atoms with Gasteiger partial charge >= 0.3 is 0 Å². The van der Waals surface area contributed by atoms with Crippen molar-refractivity contribution in [3.8, 4) is 33.8 Å². The van der Waals surface area contributed by atoms with Gasteiger partial charge in [-0.05, 0) is 66.7 Å². The summed E-state index contributed by atoms with van der Waals surface area (Å²) in [6.07, 6.45) is 1.67. The Hall–Kier alpha value is -6.76. The van der Waals surface area contributed by atoms with Crippen molar-refractivity contribution < 1.29 is 0 Å². The van der Waals surface area contributed by atoms with Crippen molar-refractivity contribution in [2.45, 2.75) is 0 Å². The van der Waals surface area contributed by atoms with Crippen molar-refractivity contribution >= 4 is 70.5 Å². The number of thiophene rings is 1. The minimum Gasteiger partial charge on any atom is -0.311 e. The Balaban J connectivity index is 1.04. The van der Waals surface area contributed by atoms with Gasteiger partial charge in [-0.3, -0.25) is 0 Å². The smallest absolute Gasteiger partial charge is 0.128 e. The molecule has 0 aliphatic heterocycles. The van der Waals surface area contributed by atoms with E-state index < -0.39 is 0 Å². The lowest BCUT2D eigenvalue weighted by Crippen LogP contribution is -2.10. The van der Waals surface area contributed by atoms with Crippen LogP contribution in [-0.4, -0.2) is 19.9 Å². The van der Waals surface area contributed by atoms with Gasteiger partial charge in [0.25, 0.3) is 0 Å². The van der Waals surface area contributed by atoms with E-state index >= 15 is 0 Å². The molecule has 10 rings (SSSR count). The number of pyridine rings is 2. The van der Waals surface area contributed by atoms with E-state index in [1.54, 1.807) is 17.7 Å². The van der Waals surface area contributed by atoms with Gasteiger partial charge in [0.15, 0.2) is 0 Å². The number of rotatable bonds is 6. The van der Waals surface area contributed by atoms with Crippen LogP contribution in [0.1, 0.15) is 0 Å². The van der Waals surface area contributed by atoms with E-state index in [9.17, 15) is 0 Å². The Bertz CT molecular complexity index is 2780. The van der Waals surface area contributed by atoms with Crippen molar-refractivity contribution in [2.24, 2.45) is 0 Å². The highest BCUT2D eigenvalue weighted by Crippen LogP contribution is 2.40. The van der Waals surface area contributed by atoms with Crippen LogP contribution in [0.2, 0.25) is 0 Å². The lowest BCUT2D eigenvalue weighted by atomic mass is 10.0. The lowest BCUT2D eigenvalue weighted by molar-refractivity contribution is 1.23. The Morgan fingerprint density at radius 1 is 0.423 bits per heavy atom. The minimum atomic E-state index is 0.944. The third-order valence-corrected chi connectivity index (χ3v) is 10.7. The second-order valence-electron chi connectivity index (χ2n) is 12.8. The van der Waals surface area contributed by atoms with Crippen LogP contribution < -0.4 is 4.90 Å². The van der Waals surface area contributed by atoms with Crippen molar-refractivity contribution in [3.05, 3.63) is 176 Å². The topological polar surface area (TPSA) is 54.8 Å². The molecule has 6 heteroatoms. The number of para-hydroxylation sites is 2. The highest BCUT2D eigenvalue weighted by molar-refractivity contribution is 7.25. The molecule has 0 saturated carbocycles. The normalized spacial score (nSPS) is 11.5. The largest absolute Gasteiger partial charge is 0.311 e. The summed E-state index contributed by atoms with van der Waals surface area (Å²) in [7, 11) is 0. The summed E-state index contributed by atoms with van der Waals surface area (Å²) in [5.41, 5.74) is 11.1. The second-order valence-corrected chi connectivity index (χ2v) is 13.8. The molecule has 0 amide bonds. The van der Waals surface area contributed by atoms with Crippen molar-refractivity contribution in [3.63, 3.8) is 0 Å². The summed E-state index contributed by atoms with van der Waals surface area (Å²) >= 11 is 1.70. The molecule has 0 radical (unpaired) electrons. The van der Waals surface area contributed by atoms with Crippen molar-refractivity contribution in [2.75, 3.05) is 4.90 Å². The standard InChI is InChI=1S/C46H29N5S/c1-4-10-39-30(7-1)19-27-41(49-39)32-13-21-35(22-14-32)51(36-23-15-33(16-24-36)42-28-20-31-8-2-5-11-40(31)50-42)37-25-17-34(18-26-37)45-44-38-9-3-6-12-43(38)52-46(44)48-29-47-45/h1-29H. The first-order chi connectivity index (χ1) is 25.7. The van der Waals surface area contributed by atoms with Crippen LogP contribution in [0.3, 0.4) is 0 Å². The molecule has 244 valence electrons. The Morgan fingerprint density at radius 2 is 0.923 bits per heavy atom. The van der Waals surface area contributed by atoms with Crippen molar-refractivity contribution in [1.29, 1.82) is 0 Å². The van der Waals surface area contributed by atoms with Gasteiger partial charge in [-0.15, -0.1) is 11.3 Å². The zero-order valence-electron chi connectivity index (χ0n) is 27.9. The molecule has 6 aromatic carbocycles. The average molecular weight is 684 g/mol. The Kier molecular flexibility index (Phi) is 7.25. The van der Waals surface area contributed by atoms with Crippen LogP contribution in [0, 0.1) is 0 Å². The molecular weight excluding hydrogens is 655 g/mol. The summed E-state index contributed by atoms with van der Waals surface area (Å²) in [5, 5.41) is 4.55. The average Bonchev–Trinajstić information content (AvgIpc) is 3.61. The Morgan fingerprint density at radius 3 is 1.50 bits per heavy atom. The van der Waals surface area contributed by atoms with Crippen LogP contribution in [0.4, 0.5) is 17.1 Å². The van der Waals surface area contributed by atoms with Crippen LogP contribution in [-0.2, 0) is 0 Å². The SMILES string of the molecule is c1ccc2nc(-c3ccc(N(c4ccc(-c5ccc6ccccc6n5)cc4)c4ccc(-c5ncnc6sc7ccccc7c56)cc4)cc3)ccc2c1. The number of nitrogens with zero attached hydrogens (tertiary/aromatic N) is 5. The van der Waals surface area contributed by atoms with E-state index in [2.05, 4.69) is 155 Å². The highest BCUT2D eigenvalue weighted by atomic mass is 32.1. The quantitative estimate of drug-likeness (QED) is 0.175. The molecule has 0 N–H and O–H groups in total. The van der Waals surface area contributed by atoms with E-state index in [1.165, 1.54) is 10.1 Å². The van der Waals surface area contributed by atoms with Gasteiger partial charge in [0.2, 0.25) is 0 Å². The zero-order valence-corrected chi connectivity index (χ0v) is 28.7. The van der Waals surface area contributed by atoms with Gasteiger partial charge in [-0.25, -0.2) is 19.9 Å². The third-order valence-electron chi connectivity index (χ3n) is 9.61. The number of hydrogen-bond donors (Lipinski definition) is 0. The van der Waals surface area contributed by atoms with Gasteiger partial charge in [0.05, 0.1) is 28.1 Å². The molecule has 4 heterocycles. The fourth-order valence-electron chi connectivity index (χ4n) is 7.01. The summed E-state index contributed by atoms with van der Waals surface area (Å²) in [6, 6.07) is 59.3. The second kappa shape index (κ2) is 12.5. The molecule has 0 atom stereocenters. The Labute approximate surface area is 304 Å². The summed E-state index contributed by atoms with van der Waals surface area (Å²) in [5.74, 6) is 0. The number of aromatic nitrogens is 4. The predicted molar refractivity (Wildman–Crippen MR) is 217 cm³/mol. The maximum atomic E-state index is 4.94. The van der Waals surface area contributed by atoms with Gasteiger partial charge in [0, 0.05) is 60.0 Å². The van der Waals surface area contributed by atoms with Gasteiger partial charge in [0.1, 0.15) is 11.2 Å². The maximum Gasteiger partial charge on any atom is 0.128 e. The predicted octanol–water partition coefficient (Wildman–Crippen LogP) is 12.4. The monoisotopic (exact) mass is 683 g/mol. The molecule has 0 spiro atoms. The first-order valence-electron chi connectivity index (χ1n) is 17.2. The van der Waals surface area contributed by atoms with E-state index in [1.807, 2.05) is 24.3 Å². The molecular formula is C46H29N5S. The van der Waals surface area contributed by atoms with Gasteiger partial charge in [-0.1, -0.05) is 103 Å². The number of benzene rings is 6. The first kappa shape index (κ1) is 30.1. The zero-order chi connectivity index (χ0) is 34.4. The molecule has 4 aromatic heterocycles. The number of hydrogen-bond acceptors (Lipinski definition) is 6. The van der Waals surface area contributed by atoms with E-state index in [0.717, 1.165) is 82.9 Å². The molecule has 0 unspecified atom stereocenters. The molecule has 0 fully saturated rings. The molecule has 0 aliphatic carbocycles. The maximum absolute atomic E-state index is 4.94.